The second-order valence-corrected chi connectivity index (χ2v) is 5.77. The molecule has 0 aliphatic carbocycles. The second-order valence-electron chi connectivity index (χ2n) is 5.36. The Balaban J connectivity index is 2.09. The summed E-state index contributed by atoms with van der Waals surface area (Å²) in [4.78, 5) is 2.41. The lowest BCUT2D eigenvalue weighted by Crippen LogP contribution is -2.32. The molecule has 1 aromatic rings. The Labute approximate surface area is 119 Å². The van der Waals surface area contributed by atoms with E-state index in [0.717, 1.165) is 24.6 Å². The highest BCUT2D eigenvalue weighted by atomic mass is 35.5. The molecule has 2 atom stereocenters. The van der Waals surface area contributed by atoms with Crippen molar-refractivity contribution in [3.05, 3.63) is 34.6 Å². The minimum Gasteiger partial charge on any atom is -0.329 e. The van der Waals surface area contributed by atoms with Gasteiger partial charge in [-0.05, 0) is 43.0 Å². The Kier molecular flexibility index (Phi) is 5.20. The summed E-state index contributed by atoms with van der Waals surface area (Å²) in [5, 5.41) is 0.181. The fourth-order valence-corrected chi connectivity index (χ4v) is 3.19. The van der Waals surface area contributed by atoms with E-state index >= 15 is 0 Å². The average molecular weight is 285 g/mol. The second kappa shape index (κ2) is 6.69. The van der Waals surface area contributed by atoms with E-state index in [1.54, 1.807) is 12.1 Å². The molecule has 19 heavy (non-hydrogen) atoms. The molecule has 1 aromatic carbocycles. The third-order valence-corrected chi connectivity index (χ3v) is 4.30. The molecular weight excluding hydrogens is 263 g/mol. The minimum absolute atomic E-state index is 0.153. The van der Waals surface area contributed by atoms with Gasteiger partial charge in [-0.2, -0.15) is 0 Å². The van der Waals surface area contributed by atoms with Crippen LogP contribution in [0.1, 0.15) is 37.8 Å². The van der Waals surface area contributed by atoms with Crippen molar-refractivity contribution in [3.8, 4) is 0 Å². The number of likely N-dealkylation sites (tertiary alicyclic amines) is 1. The first-order valence-electron chi connectivity index (χ1n) is 7.04. The van der Waals surface area contributed by atoms with E-state index in [1.165, 1.54) is 25.3 Å². The first kappa shape index (κ1) is 14.8. The average Bonchev–Trinajstić information content (AvgIpc) is 2.83. The van der Waals surface area contributed by atoms with Gasteiger partial charge < -0.3 is 5.73 Å². The molecule has 1 fully saturated rings. The standard InChI is InChI=1S/C15H22ClFN2/c1-2-3-11-6-7-19(10-11)15(9-18)12-4-5-14(17)13(16)8-12/h4-5,8,11,15H,2-3,6-7,9-10,18H2,1H3. The molecule has 106 valence electrons. The smallest absolute Gasteiger partial charge is 0.141 e. The molecule has 2 rings (SSSR count). The zero-order valence-corrected chi connectivity index (χ0v) is 12.2. The Bertz CT molecular complexity index is 425. The van der Waals surface area contributed by atoms with E-state index in [1.807, 2.05) is 0 Å². The zero-order valence-electron chi connectivity index (χ0n) is 11.4. The van der Waals surface area contributed by atoms with Crippen molar-refractivity contribution in [3.63, 3.8) is 0 Å². The number of halogens is 2. The van der Waals surface area contributed by atoms with Crippen LogP contribution < -0.4 is 5.73 Å². The molecule has 0 saturated carbocycles. The molecule has 2 unspecified atom stereocenters. The van der Waals surface area contributed by atoms with Crippen molar-refractivity contribution in [1.29, 1.82) is 0 Å². The van der Waals surface area contributed by atoms with Crippen LogP contribution in [0.2, 0.25) is 5.02 Å². The molecule has 0 radical (unpaired) electrons. The van der Waals surface area contributed by atoms with Crippen molar-refractivity contribution >= 4 is 11.6 Å². The molecule has 1 aliphatic rings. The van der Waals surface area contributed by atoms with E-state index in [0.29, 0.717) is 6.54 Å². The van der Waals surface area contributed by atoms with E-state index in [4.69, 9.17) is 17.3 Å². The molecule has 0 amide bonds. The third-order valence-electron chi connectivity index (χ3n) is 4.01. The normalized spacial score (nSPS) is 21.8. The number of benzene rings is 1. The molecule has 1 saturated heterocycles. The summed E-state index contributed by atoms with van der Waals surface area (Å²) < 4.78 is 13.2. The molecule has 2 N–H and O–H groups in total. The topological polar surface area (TPSA) is 29.3 Å². The Hall–Kier alpha value is -0.640. The predicted molar refractivity (Wildman–Crippen MR) is 77.8 cm³/mol. The van der Waals surface area contributed by atoms with Gasteiger partial charge in [-0.3, -0.25) is 4.90 Å². The molecule has 0 bridgehead atoms. The fraction of sp³-hybridized carbons (Fsp3) is 0.600. The highest BCUT2D eigenvalue weighted by Gasteiger charge is 2.28. The molecule has 1 aliphatic heterocycles. The maximum absolute atomic E-state index is 13.2. The van der Waals surface area contributed by atoms with Gasteiger partial charge in [0.25, 0.3) is 0 Å². The van der Waals surface area contributed by atoms with Gasteiger partial charge in [-0.1, -0.05) is 31.0 Å². The van der Waals surface area contributed by atoms with Crippen LogP contribution in [0.4, 0.5) is 4.39 Å². The maximum Gasteiger partial charge on any atom is 0.141 e. The van der Waals surface area contributed by atoms with Crippen molar-refractivity contribution in [2.75, 3.05) is 19.6 Å². The highest BCUT2D eigenvalue weighted by Crippen LogP contribution is 2.30. The number of hydrogen-bond acceptors (Lipinski definition) is 2. The monoisotopic (exact) mass is 284 g/mol. The summed E-state index contributed by atoms with van der Waals surface area (Å²) in [7, 11) is 0. The van der Waals surface area contributed by atoms with Gasteiger partial charge in [0.1, 0.15) is 5.82 Å². The highest BCUT2D eigenvalue weighted by molar-refractivity contribution is 6.30. The lowest BCUT2D eigenvalue weighted by Gasteiger charge is -2.27. The van der Waals surface area contributed by atoms with Crippen molar-refractivity contribution in [2.45, 2.75) is 32.2 Å². The van der Waals surface area contributed by atoms with Crippen LogP contribution in [0.15, 0.2) is 18.2 Å². The van der Waals surface area contributed by atoms with E-state index < -0.39 is 0 Å². The lowest BCUT2D eigenvalue weighted by molar-refractivity contribution is 0.239. The zero-order chi connectivity index (χ0) is 13.8. The van der Waals surface area contributed by atoms with Crippen LogP contribution in [0.25, 0.3) is 0 Å². The Morgan fingerprint density at radius 2 is 2.32 bits per heavy atom. The molecule has 0 spiro atoms. The molecule has 0 aromatic heterocycles. The van der Waals surface area contributed by atoms with Gasteiger partial charge in [-0.15, -0.1) is 0 Å². The summed E-state index contributed by atoms with van der Waals surface area (Å²) in [6.45, 7) is 4.93. The van der Waals surface area contributed by atoms with Crippen LogP contribution in [0.5, 0.6) is 0 Å². The molecular formula is C15H22ClFN2. The summed E-state index contributed by atoms with van der Waals surface area (Å²) in [5.74, 6) is 0.404. The maximum atomic E-state index is 13.2. The Morgan fingerprint density at radius 3 is 2.95 bits per heavy atom. The summed E-state index contributed by atoms with van der Waals surface area (Å²) in [5.41, 5.74) is 6.93. The molecule has 1 heterocycles. The van der Waals surface area contributed by atoms with Crippen molar-refractivity contribution in [1.82, 2.24) is 4.90 Å². The van der Waals surface area contributed by atoms with Gasteiger partial charge in [0.05, 0.1) is 5.02 Å². The van der Waals surface area contributed by atoms with Gasteiger partial charge in [0.15, 0.2) is 0 Å². The van der Waals surface area contributed by atoms with Crippen LogP contribution in [-0.4, -0.2) is 24.5 Å². The summed E-state index contributed by atoms with van der Waals surface area (Å²) >= 11 is 5.87. The van der Waals surface area contributed by atoms with E-state index in [-0.39, 0.29) is 16.9 Å². The molecule has 2 nitrogen and oxygen atoms in total. The van der Waals surface area contributed by atoms with Crippen LogP contribution in [-0.2, 0) is 0 Å². The first-order chi connectivity index (χ1) is 9.15. The fourth-order valence-electron chi connectivity index (χ4n) is 3.01. The van der Waals surface area contributed by atoms with E-state index in [2.05, 4.69) is 11.8 Å². The SMILES string of the molecule is CCCC1CCN(C(CN)c2ccc(F)c(Cl)c2)C1. The van der Waals surface area contributed by atoms with Crippen molar-refractivity contribution < 1.29 is 4.39 Å². The molecule has 4 heteroatoms. The number of nitrogens with two attached hydrogens (primary N) is 1. The number of hydrogen-bond donors (Lipinski definition) is 1. The minimum atomic E-state index is -0.369. The largest absolute Gasteiger partial charge is 0.329 e. The number of nitrogens with zero attached hydrogens (tertiary/aromatic N) is 1. The quantitative estimate of drug-likeness (QED) is 0.895. The van der Waals surface area contributed by atoms with E-state index in [9.17, 15) is 4.39 Å². The predicted octanol–water partition coefficient (Wildman–Crippen LogP) is 3.60. The third kappa shape index (κ3) is 3.47. The van der Waals surface area contributed by atoms with Gasteiger partial charge in [0, 0.05) is 19.1 Å². The van der Waals surface area contributed by atoms with Gasteiger partial charge >= 0.3 is 0 Å². The van der Waals surface area contributed by atoms with Gasteiger partial charge in [-0.25, -0.2) is 4.39 Å². The van der Waals surface area contributed by atoms with Gasteiger partial charge in [0.2, 0.25) is 0 Å². The lowest BCUT2D eigenvalue weighted by atomic mass is 10.0. The van der Waals surface area contributed by atoms with Crippen LogP contribution in [0.3, 0.4) is 0 Å². The van der Waals surface area contributed by atoms with Crippen molar-refractivity contribution in [2.24, 2.45) is 11.7 Å². The first-order valence-corrected chi connectivity index (χ1v) is 7.42. The number of rotatable bonds is 5. The van der Waals surface area contributed by atoms with Crippen LogP contribution >= 0.6 is 11.6 Å². The van der Waals surface area contributed by atoms with Crippen LogP contribution in [0, 0.1) is 11.7 Å². The summed E-state index contributed by atoms with van der Waals surface area (Å²) in [6.07, 6.45) is 3.74. The summed E-state index contributed by atoms with van der Waals surface area (Å²) in [6, 6.07) is 5.09. The Morgan fingerprint density at radius 1 is 1.53 bits per heavy atom.